The monoisotopic (exact) mass is 280 g/mol. The first-order valence-corrected chi connectivity index (χ1v) is 6.78. The Morgan fingerprint density at radius 1 is 1.19 bits per heavy atom. The van der Waals surface area contributed by atoms with Crippen molar-refractivity contribution >= 4 is 21.6 Å². The second-order valence-corrected chi connectivity index (χ2v) is 6.00. The van der Waals surface area contributed by atoms with Gasteiger partial charge in [-0.2, -0.15) is 0 Å². The molecule has 1 aromatic rings. The Morgan fingerprint density at radius 3 is 2.62 bits per heavy atom. The van der Waals surface area contributed by atoms with Crippen LogP contribution < -0.4 is 10.2 Å². The lowest BCUT2D eigenvalue weighted by atomic mass is 9.72. The van der Waals surface area contributed by atoms with Crippen LogP contribution in [0.2, 0.25) is 0 Å². The van der Waals surface area contributed by atoms with Gasteiger partial charge in [-0.3, -0.25) is 0 Å². The first-order chi connectivity index (χ1) is 7.77. The van der Waals surface area contributed by atoms with Crippen LogP contribution in [0.15, 0.2) is 28.7 Å². The van der Waals surface area contributed by atoms with E-state index in [1.807, 2.05) is 0 Å². The molecule has 3 rings (SSSR count). The number of nitrogens with one attached hydrogen (secondary N) is 1. The van der Waals surface area contributed by atoms with E-state index in [9.17, 15) is 0 Å². The smallest absolute Gasteiger partial charge is 0.0377 e. The molecule has 2 aliphatic heterocycles. The highest BCUT2D eigenvalue weighted by Crippen LogP contribution is 2.41. The van der Waals surface area contributed by atoms with Gasteiger partial charge in [0.25, 0.3) is 0 Å². The highest BCUT2D eigenvalue weighted by molar-refractivity contribution is 9.10. The molecule has 0 amide bonds. The molecule has 2 saturated heterocycles. The van der Waals surface area contributed by atoms with Crippen molar-refractivity contribution in [1.82, 2.24) is 5.32 Å². The van der Waals surface area contributed by atoms with Crippen molar-refractivity contribution in [3.63, 3.8) is 0 Å². The van der Waals surface area contributed by atoms with E-state index in [1.165, 1.54) is 49.2 Å². The Hall–Kier alpha value is -0.540. The van der Waals surface area contributed by atoms with Crippen molar-refractivity contribution in [2.75, 3.05) is 31.1 Å². The molecule has 0 aliphatic carbocycles. The zero-order valence-electron chi connectivity index (χ0n) is 9.38. The summed E-state index contributed by atoms with van der Waals surface area (Å²) < 4.78 is 1.18. The van der Waals surface area contributed by atoms with Gasteiger partial charge in [0, 0.05) is 28.7 Å². The Balaban J connectivity index is 1.68. The third-order valence-electron chi connectivity index (χ3n) is 3.89. The van der Waals surface area contributed by atoms with Crippen molar-refractivity contribution in [3.05, 3.63) is 28.7 Å². The average Bonchev–Trinajstić information content (AvgIpc) is 2.27. The number of halogens is 1. The van der Waals surface area contributed by atoms with E-state index in [2.05, 4.69) is 50.4 Å². The molecular weight excluding hydrogens is 264 g/mol. The molecule has 16 heavy (non-hydrogen) atoms. The number of nitrogens with zero attached hydrogens (tertiary/aromatic N) is 1. The molecule has 0 unspecified atom stereocenters. The van der Waals surface area contributed by atoms with E-state index in [0.717, 1.165) is 0 Å². The Morgan fingerprint density at radius 2 is 1.94 bits per heavy atom. The van der Waals surface area contributed by atoms with Gasteiger partial charge >= 0.3 is 0 Å². The van der Waals surface area contributed by atoms with Crippen molar-refractivity contribution in [2.45, 2.75) is 12.8 Å². The predicted octanol–water partition coefficient (Wildman–Crippen LogP) is 2.64. The Bertz CT molecular complexity index is 377. The van der Waals surface area contributed by atoms with Crippen LogP contribution in [-0.2, 0) is 0 Å². The molecule has 0 radical (unpaired) electrons. The number of hydrogen-bond donors (Lipinski definition) is 1. The molecule has 0 atom stereocenters. The number of piperidine rings is 1. The number of hydrogen-bond acceptors (Lipinski definition) is 2. The van der Waals surface area contributed by atoms with E-state index >= 15 is 0 Å². The molecule has 3 heteroatoms. The van der Waals surface area contributed by atoms with Crippen LogP contribution in [-0.4, -0.2) is 26.2 Å². The molecule has 2 nitrogen and oxygen atoms in total. The van der Waals surface area contributed by atoms with Gasteiger partial charge < -0.3 is 10.2 Å². The fourth-order valence-corrected chi connectivity index (χ4v) is 3.28. The van der Waals surface area contributed by atoms with E-state index in [-0.39, 0.29) is 0 Å². The molecule has 2 aliphatic rings. The second kappa shape index (κ2) is 4.04. The molecule has 1 N–H and O–H groups in total. The zero-order chi connectivity index (χ0) is 11.0. The minimum atomic E-state index is 0.619. The SMILES string of the molecule is Brc1cccc(N2CC3(CCNCC3)C2)c1. The van der Waals surface area contributed by atoms with Crippen LogP contribution >= 0.6 is 15.9 Å². The molecule has 0 bridgehead atoms. The lowest BCUT2D eigenvalue weighted by Crippen LogP contribution is -2.60. The highest BCUT2D eigenvalue weighted by Gasteiger charge is 2.43. The van der Waals surface area contributed by atoms with Crippen LogP contribution in [0.25, 0.3) is 0 Å². The summed E-state index contributed by atoms with van der Waals surface area (Å²) >= 11 is 3.53. The highest BCUT2D eigenvalue weighted by atomic mass is 79.9. The van der Waals surface area contributed by atoms with Crippen LogP contribution in [0.4, 0.5) is 5.69 Å². The van der Waals surface area contributed by atoms with Gasteiger partial charge in [0.1, 0.15) is 0 Å². The summed E-state index contributed by atoms with van der Waals surface area (Å²) in [6, 6.07) is 8.63. The fraction of sp³-hybridized carbons (Fsp3) is 0.538. The number of benzene rings is 1. The van der Waals surface area contributed by atoms with Crippen molar-refractivity contribution in [1.29, 1.82) is 0 Å². The number of rotatable bonds is 1. The Kier molecular flexibility index (Phi) is 2.68. The van der Waals surface area contributed by atoms with E-state index in [1.54, 1.807) is 0 Å². The van der Waals surface area contributed by atoms with Gasteiger partial charge in [-0.05, 0) is 44.1 Å². The molecule has 2 fully saturated rings. The third-order valence-corrected chi connectivity index (χ3v) is 4.38. The van der Waals surface area contributed by atoms with Crippen molar-refractivity contribution in [2.24, 2.45) is 5.41 Å². The zero-order valence-corrected chi connectivity index (χ0v) is 11.0. The molecule has 0 aromatic heterocycles. The maximum atomic E-state index is 3.53. The van der Waals surface area contributed by atoms with Gasteiger partial charge in [0.15, 0.2) is 0 Å². The Labute approximate surface area is 105 Å². The topological polar surface area (TPSA) is 15.3 Å². The van der Waals surface area contributed by atoms with Crippen LogP contribution in [0.3, 0.4) is 0 Å². The van der Waals surface area contributed by atoms with Gasteiger partial charge in [-0.25, -0.2) is 0 Å². The van der Waals surface area contributed by atoms with Gasteiger partial charge in [0.05, 0.1) is 0 Å². The molecule has 0 saturated carbocycles. The summed E-state index contributed by atoms with van der Waals surface area (Å²) in [6.07, 6.45) is 2.69. The number of anilines is 1. The van der Waals surface area contributed by atoms with Crippen molar-refractivity contribution < 1.29 is 0 Å². The molecular formula is C13H17BrN2. The summed E-state index contributed by atoms with van der Waals surface area (Å²) in [5.74, 6) is 0. The summed E-state index contributed by atoms with van der Waals surface area (Å²) in [7, 11) is 0. The standard InChI is InChI=1S/C13H17BrN2/c14-11-2-1-3-12(8-11)16-9-13(10-16)4-6-15-7-5-13/h1-3,8,15H,4-7,9-10H2. The lowest BCUT2D eigenvalue weighted by molar-refractivity contribution is 0.150. The molecule has 86 valence electrons. The lowest BCUT2D eigenvalue weighted by Gasteiger charge is -2.53. The van der Waals surface area contributed by atoms with Gasteiger partial charge in [-0.1, -0.05) is 22.0 Å². The summed E-state index contributed by atoms with van der Waals surface area (Å²) in [4.78, 5) is 2.50. The molecule has 1 spiro atoms. The van der Waals surface area contributed by atoms with E-state index < -0.39 is 0 Å². The second-order valence-electron chi connectivity index (χ2n) is 5.09. The predicted molar refractivity (Wildman–Crippen MR) is 70.9 cm³/mol. The first-order valence-electron chi connectivity index (χ1n) is 5.99. The van der Waals surface area contributed by atoms with Gasteiger partial charge in [0.2, 0.25) is 0 Å². The summed E-state index contributed by atoms with van der Waals surface area (Å²) in [6.45, 7) is 4.88. The minimum absolute atomic E-state index is 0.619. The maximum Gasteiger partial charge on any atom is 0.0377 e. The average molecular weight is 281 g/mol. The summed E-state index contributed by atoms with van der Waals surface area (Å²) in [5, 5.41) is 3.45. The third kappa shape index (κ3) is 1.87. The minimum Gasteiger partial charge on any atom is -0.370 e. The fourth-order valence-electron chi connectivity index (χ4n) is 2.89. The van der Waals surface area contributed by atoms with Crippen molar-refractivity contribution in [3.8, 4) is 0 Å². The normalized spacial score (nSPS) is 23.2. The summed E-state index contributed by atoms with van der Waals surface area (Å²) in [5.41, 5.74) is 1.98. The molecule has 1 aromatic carbocycles. The quantitative estimate of drug-likeness (QED) is 0.851. The molecule has 2 heterocycles. The largest absolute Gasteiger partial charge is 0.370 e. The van der Waals surface area contributed by atoms with E-state index in [0.29, 0.717) is 5.41 Å². The van der Waals surface area contributed by atoms with Gasteiger partial charge in [-0.15, -0.1) is 0 Å². The van der Waals surface area contributed by atoms with Crippen LogP contribution in [0.5, 0.6) is 0 Å². The first kappa shape index (κ1) is 10.6. The van der Waals surface area contributed by atoms with Crippen LogP contribution in [0.1, 0.15) is 12.8 Å². The van der Waals surface area contributed by atoms with Crippen LogP contribution in [0, 0.1) is 5.41 Å². The maximum absolute atomic E-state index is 3.53. The van der Waals surface area contributed by atoms with E-state index in [4.69, 9.17) is 0 Å².